The van der Waals surface area contributed by atoms with E-state index >= 15 is 0 Å². The van der Waals surface area contributed by atoms with Crippen LogP contribution in [0.1, 0.15) is 26.3 Å². The van der Waals surface area contributed by atoms with Crippen LogP contribution in [0, 0.1) is 17.0 Å². The molecule has 0 aromatic heterocycles. The second-order valence-electron chi connectivity index (χ2n) is 5.24. The van der Waals surface area contributed by atoms with Gasteiger partial charge in [-0.15, -0.1) is 0 Å². The molecule has 8 nitrogen and oxygen atoms in total. The molecule has 0 aliphatic heterocycles. The zero-order valence-electron chi connectivity index (χ0n) is 13.9. The second-order valence-corrected chi connectivity index (χ2v) is 5.65. The van der Waals surface area contributed by atoms with Crippen LogP contribution >= 0.6 is 12.2 Å². The van der Waals surface area contributed by atoms with Gasteiger partial charge in [-0.25, -0.2) is 4.79 Å². The molecule has 0 aliphatic rings. The SMILES string of the molecule is COC(=O)c1cccc(C(=O)NC(=S)Nc2cc([N+](=O)[O-])ccc2C)c1. The molecule has 0 saturated carbocycles. The molecule has 0 aliphatic carbocycles. The van der Waals surface area contributed by atoms with Gasteiger partial charge in [0.15, 0.2) is 5.11 Å². The number of nitrogens with zero attached hydrogens (tertiary/aromatic N) is 1. The number of non-ortho nitro benzene ring substituents is 1. The maximum absolute atomic E-state index is 12.3. The van der Waals surface area contributed by atoms with Crippen molar-refractivity contribution in [3.05, 3.63) is 69.3 Å². The Balaban J connectivity index is 2.11. The summed E-state index contributed by atoms with van der Waals surface area (Å²) in [5.74, 6) is -1.09. The number of carbonyl (C=O) groups excluding carboxylic acids is 2. The molecule has 2 rings (SSSR count). The van der Waals surface area contributed by atoms with E-state index in [1.54, 1.807) is 19.1 Å². The van der Waals surface area contributed by atoms with Crippen molar-refractivity contribution in [2.24, 2.45) is 0 Å². The number of amides is 1. The molecule has 0 bridgehead atoms. The average Bonchev–Trinajstić information content (AvgIpc) is 2.62. The van der Waals surface area contributed by atoms with Crippen molar-refractivity contribution >= 4 is 40.6 Å². The van der Waals surface area contributed by atoms with Crippen LogP contribution in [0.3, 0.4) is 0 Å². The highest BCUT2D eigenvalue weighted by atomic mass is 32.1. The Kier molecular flexibility index (Phi) is 5.97. The highest BCUT2D eigenvalue weighted by Crippen LogP contribution is 2.21. The Morgan fingerprint density at radius 1 is 1.15 bits per heavy atom. The van der Waals surface area contributed by atoms with E-state index in [2.05, 4.69) is 15.4 Å². The lowest BCUT2D eigenvalue weighted by atomic mass is 10.1. The molecule has 26 heavy (non-hydrogen) atoms. The van der Waals surface area contributed by atoms with Gasteiger partial charge in [-0.1, -0.05) is 12.1 Å². The predicted octanol–water partition coefficient (Wildman–Crippen LogP) is 2.82. The Morgan fingerprint density at radius 2 is 1.85 bits per heavy atom. The van der Waals surface area contributed by atoms with Crippen LogP contribution in [0.2, 0.25) is 0 Å². The summed E-state index contributed by atoms with van der Waals surface area (Å²) < 4.78 is 4.61. The van der Waals surface area contributed by atoms with Crippen LogP contribution in [-0.4, -0.2) is 29.0 Å². The van der Waals surface area contributed by atoms with E-state index in [0.717, 1.165) is 5.56 Å². The third-order valence-electron chi connectivity index (χ3n) is 3.45. The number of nitro groups is 1. The Bertz CT molecular complexity index is 898. The third-order valence-corrected chi connectivity index (χ3v) is 3.66. The molecule has 2 N–H and O–H groups in total. The first-order valence-electron chi connectivity index (χ1n) is 7.37. The van der Waals surface area contributed by atoms with Gasteiger partial charge in [0, 0.05) is 23.4 Å². The average molecular weight is 373 g/mol. The zero-order chi connectivity index (χ0) is 19.3. The van der Waals surface area contributed by atoms with Crippen LogP contribution in [0.4, 0.5) is 11.4 Å². The van der Waals surface area contributed by atoms with Crippen LogP contribution in [0.5, 0.6) is 0 Å². The van der Waals surface area contributed by atoms with Gasteiger partial charge in [-0.3, -0.25) is 20.2 Å². The molecular formula is C17H15N3O5S. The standard InChI is InChI=1S/C17H15N3O5S/c1-10-6-7-13(20(23)24)9-14(10)18-17(26)19-15(21)11-4-3-5-12(8-11)16(22)25-2/h3-9H,1-2H3,(H2,18,19,21,26). The molecule has 134 valence electrons. The predicted molar refractivity (Wildman–Crippen MR) is 99.3 cm³/mol. The minimum Gasteiger partial charge on any atom is -0.465 e. The normalized spacial score (nSPS) is 9.92. The van der Waals surface area contributed by atoms with Gasteiger partial charge >= 0.3 is 5.97 Å². The first-order chi connectivity index (χ1) is 12.3. The smallest absolute Gasteiger partial charge is 0.337 e. The number of esters is 1. The monoisotopic (exact) mass is 373 g/mol. The van der Waals surface area contributed by atoms with E-state index in [4.69, 9.17) is 12.2 Å². The quantitative estimate of drug-likeness (QED) is 0.367. The van der Waals surface area contributed by atoms with Crippen molar-refractivity contribution in [3.63, 3.8) is 0 Å². The molecule has 2 aromatic rings. The van der Waals surface area contributed by atoms with Crippen molar-refractivity contribution in [1.29, 1.82) is 0 Å². The molecule has 0 unspecified atom stereocenters. The van der Waals surface area contributed by atoms with E-state index in [9.17, 15) is 19.7 Å². The van der Waals surface area contributed by atoms with Gasteiger partial charge in [0.1, 0.15) is 0 Å². The number of aryl methyl sites for hydroxylation is 1. The lowest BCUT2D eigenvalue weighted by Gasteiger charge is -2.12. The summed E-state index contributed by atoms with van der Waals surface area (Å²) in [6, 6.07) is 10.2. The fraction of sp³-hybridized carbons (Fsp3) is 0.118. The summed E-state index contributed by atoms with van der Waals surface area (Å²) in [7, 11) is 1.25. The van der Waals surface area contributed by atoms with Crippen molar-refractivity contribution in [1.82, 2.24) is 5.32 Å². The minimum atomic E-state index is -0.562. The molecule has 0 atom stereocenters. The van der Waals surface area contributed by atoms with Crippen molar-refractivity contribution in [2.45, 2.75) is 6.92 Å². The number of nitro benzene ring substituents is 1. The van der Waals surface area contributed by atoms with E-state index < -0.39 is 16.8 Å². The summed E-state index contributed by atoms with van der Waals surface area (Å²) in [6.07, 6.45) is 0. The first kappa shape index (κ1) is 19.0. The number of hydrogen-bond acceptors (Lipinski definition) is 6. The van der Waals surface area contributed by atoms with Crippen molar-refractivity contribution < 1.29 is 19.2 Å². The van der Waals surface area contributed by atoms with Gasteiger partial charge in [0.2, 0.25) is 0 Å². The third kappa shape index (κ3) is 4.61. The lowest BCUT2D eigenvalue weighted by Crippen LogP contribution is -2.34. The van der Waals surface area contributed by atoms with Crippen molar-refractivity contribution in [2.75, 3.05) is 12.4 Å². The lowest BCUT2D eigenvalue weighted by molar-refractivity contribution is -0.384. The number of rotatable bonds is 4. The molecule has 0 radical (unpaired) electrons. The molecule has 1 amide bonds. The van der Waals surface area contributed by atoms with Gasteiger partial charge < -0.3 is 10.1 Å². The van der Waals surface area contributed by atoms with Gasteiger partial charge in [-0.05, 0) is 42.9 Å². The maximum atomic E-state index is 12.3. The summed E-state index contributed by atoms with van der Waals surface area (Å²) >= 11 is 5.08. The van der Waals surface area contributed by atoms with E-state index in [1.165, 1.54) is 37.4 Å². The van der Waals surface area contributed by atoms with E-state index in [0.29, 0.717) is 5.69 Å². The zero-order valence-corrected chi connectivity index (χ0v) is 14.8. The second kappa shape index (κ2) is 8.17. The van der Waals surface area contributed by atoms with Crippen molar-refractivity contribution in [3.8, 4) is 0 Å². The molecule has 0 heterocycles. The summed E-state index contributed by atoms with van der Waals surface area (Å²) in [6.45, 7) is 1.75. The summed E-state index contributed by atoms with van der Waals surface area (Å²) in [5, 5.41) is 16.1. The number of hydrogen-bond donors (Lipinski definition) is 2. The topological polar surface area (TPSA) is 111 Å². The van der Waals surface area contributed by atoms with Gasteiger partial charge in [0.25, 0.3) is 11.6 Å². The first-order valence-corrected chi connectivity index (χ1v) is 7.78. The summed E-state index contributed by atoms with van der Waals surface area (Å²) in [5.41, 5.74) is 1.48. The van der Waals surface area contributed by atoms with Gasteiger partial charge in [-0.2, -0.15) is 0 Å². The number of ether oxygens (including phenoxy) is 1. The summed E-state index contributed by atoms with van der Waals surface area (Å²) in [4.78, 5) is 34.1. The van der Waals surface area contributed by atoms with Gasteiger partial charge in [0.05, 0.1) is 17.6 Å². The number of carbonyl (C=O) groups is 2. The van der Waals surface area contributed by atoms with Crippen LogP contribution < -0.4 is 10.6 Å². The fourth-order valence-corrected chi connectivity index (χ4v) is 2.29. The van der Waals surface area contributed by atoms with Crippen LogP contribution in [0.15, 0.2) is 42.5 Å². The number of thiocarbonyl (C=S) groups is 1. The molecule has 2 aromatic carbocycles. The van der Waals surface area contributed by atoms with Crippen LogP contribution in [-0.2, 0) is 4.74 Å². The molecule has 9 heteroatoms. The van der Waals surface area contributed by atoms with Crippen LogP contribution in [0.25, 0.3) is 0 Å². The fourth-order valence-electron chi connectivity index (χ4n) is 2.09. The number of anilines is 1. The molecule has 0 spiro atoms. The molecule has 0 fully saturated rings. The number of nitrogens with one attached hydrogen (secondary N) is 2. The highest BCUT2D eigenvalue weighted by Gasteiger charge is 2.14. The Hall–Kier alpha value is -3.33. The number of benzene rings is 2. The molecule has 0 saturated heterocycles. The van der Waals surface area contributed by atoms with E-state index in [-0.39, 0.29) is 21.9 Å². The highest BCUT2D eigenvalue weighted by molar-refractivity contribution is 7.80. The molecular weight excluding hydrogens is 358 g/mol. The Labute approximate surface area is 154 Å². The minimum absolute atomic E-state index is 0.0259. The van der Waals surface area contributed by atoms with E-state index in [1.807, 2.05) is 0 Å². The Morgan fingerprint density at radius 3 is 2.50 bits per heavy atom. The largest absolute Gasteiger partial charge is 0.465 e. The maximum Gasteiger partial charge on any atom is 0.337 e. The number of methoxy groups -OCH3 is 1.